The molecule has 0 bridgehead atoms. The van der Waals surface area contributed by atoms with Gasteiger partial charge in [0.1, 0.15) is 0 Å². The number of thiophene rings is 1. The zero-order chi connectivity index (χ0) is 12.0. The largest absolute Gasteiger partial charge is 0.304 e. The summed E-state index contributed by atoms with van der Waals surface area (Å²) in [6.07, 6.45) is 5.27. The van der Waals surface area contributed by atoms with Crippen molar-refractivity contribution in [2.75, 3.05) is 0 Å². The summed E-state index contributed by atoms with van der Waals surface area (Å²) in [7, 11) is 0. The third-order valence-corrected chi connectivity index (χ3v) is 5.59. The van der Waals surface area contributed by atoms with Gasteiger partial charge in [-0.25, -0.2) is 0 Å². The van der Waals surface area contributed by atoms with Crippen LogP contribution in [0.15, 0.2) is 11.4 Å². The smallest absolute Gasteiger partial charge is 0.0538 e. The fourth-order valence-corrected chi connectivity index (χ4v) is 5.39. The summed E-state index contributed by atoms with van der Waals surface area (Å²) in [5, 5.41) is 6.23. The molecule has 0 amide bonds. The topological polar surface area (TPSA) is 12.0 Å². The summed E-state index contributed by atoms with van der Waals surface area (Å²) >= 11 is 1.97. The number of fused-ring (bicyclic) bond motifs is 2. The Morgan fingerprint density at radius 1 is 1.24 bits per heavy atom. The van der Waals surface area contributed by atoms with Crippen molar-refractivity contribution in [2.45, 2.75) is 58.0 Å². The maximum absolute atomic E-state index is 3.95. The van der Waals surface area contributed by atoms with E-state index in [-0.39, 0.29) is 0 Å². The van der Waals surface area contributed by atoms with Crippen LogP contribution in [0.4, 0.5) is 0 Å². The Kier molecular flexibility index (Phi) is 2.83. The standard InChI is InChI=1S/C15H23NS/c1-10-6-11(2)9-15(8-10)14-13(4-5-17-14)7-12(3)16-15/h4-5,10-12,16H,6-9H2,1-3H3. The monoisotopic (exact) mass is 249 g/mol. The number of hydrogen-bond donors (Lipinski definition) is 1. The van der Waals surface area contributed by atoms with Crippen molar-refractivity contribution in [3.63, 3.8) is 0 Å². The van der Waals surface area contributed by atoms with Gasteiger partial charge in [0.25, 0.3) is 0 Å². The minimum Gasteiger partial charge on any atom is -0.304 e. The molecular formula is C15H23NS. The first kappa shape index (κ1) is 11.7. The van der Waals surface area contributed by atoms with Gasteiger partial charge < -0.3 is 5.32 Å². The van der Waals surface area contributed by atoms with Gasteiger partial charge in [0.15, 0.2) is 0 Å². The lowest BCUT2D eigenvalue weighted by atomic mass is 9.68. The molecule has 1 saturated carbocycles. The first-order chi connectivity index (χ1) is 8.09. The molecule has 1 nitrogen and oxygen atoms in total. The molecule has 1 spiro atoms. The zero-order valence-electron chi connectivity index (χ0n) is 11.1. The van der Waals surface area contributed by atoms with E-state index in [1.54, 1.807) is 10.4 Å². The van der Waals surface area contributed by atoms with Crippen LogP contribution in [0.1, 0.15) is 50.5 Å². The second-order valence-corrected chi connectivity index (χ2v) is 7.38. The Labute approximate surface area is 109 Å². The fourth-order valence-electron chi connectivity index (χ4n) is 4.26. The van der Waals surface area contributed by atoms with E-state index < -0.39 is 0 Å². The zero-order valence-corrected chi connectivity index (χ0v) is 11.9. The SMILES string of the molecule is CC1CC(C)CC2(C1)NC(C)Cc1ccsc12. The lowest BCUT2D eigenvalue weighted by Gasteiger charge is -2.48. The molecule has 2 heterocycles. The first-order valence-electron chi connectivity index (χ1n) is 6.93. The van der Waals surface area contributed by atoms with Crippen molar-refractivity contribution in [2.24, 2.45) is 11.8 Å². The van der Waals surface area contributed by atoms with Crippen LogP contribution in [0.5, 0.6) is 0 Å². The predicted octanol–water partition coefficient (Wildman–Crippen LogP) is 3.93. The molecule has 0 radical (unpaired) electrons. The highest BCUT2D eigenvalue weighted by Gasteiger charge is 2.44. The normalized spacial score (nSPS) is 41.5. The van der Waals surface area contributed by atoms with E-state index in [0.717, 1.165) is 11.8 Å². The van der Waals surface area contributed by atoms with E-state index in [2.05, 4.69) is 37.5 Å². The summed E-state index contributed by atoms with van der Waals surface area (Å²) in [5.41, 5.74) is 1.92. The summed E-state index contributed by atoms with van der Waals surface area (Å²) in [6.45, 7) is 7.18. The number of rotatable bonds is 0. The third-order valence-electron chi connectivity index (χ3n) is 4.43. The van der Waals surface area contributed by atoms with Crippen molar-refractivity contribution in [1.29, 1.82) is 0 Å². The minimum atomic E-state index is 0.304. The Bertz CT molecular complexity index is 399. The minimum absolute atomic E-state index is 0.304. The van der Waals surface area contributed by atoms with Gasteiger partial charge in [0.2, 0.25) is 0 Å². The Balaban J connectivity index is 2.02. The number of nitrogens with one attached hydrogen (secondary N) is 1. The highest BCUT2D eigenvalue weighted by atomic mass is 32.1. The lowest BCUT2D eigenvalue weighted by molar-refractivity contribution is 0.125. The third kappa shape index (κ3) is 1.96. The molecular weight excluding hydrogens is 226 g/mol. The van der Waals surface area contributed by atoms with Crippen molar-refractivity contribution in [1.82, 2.24) is 5.32 Å². The van der Waals surface area contributed by atoms with E-state index in [9.17, 15) is 0 Å². The summed E-state index contributed by atoms with van der Waals surface area (Å²) in [5.74, 6) is 1.71. The second kappa shape index (κ2) is 4.10. The van der Waals surface area contributed by atoms with Gasteiger partial charge in [-0.2, -0.15) is 0 Å². The molecule has 1 aliphatic carbocycles. The first-order valence-corrected chi connectivity index (χ1v) is 7.81. The highest BCUT2D eigenvalue weighted by Crippen LogP contribution is 2.47. The molecule has 3 unspecified atom stereocenters. The Hall–Kier alpha value is -0.340. The maximum atomic E-state index is 3.95. The maximum Gasteiger partial charge on any atom is 0.0538 e. The van der Waals surface area contributed by atoms with Crippen LogP contribution in [0.25, 0.3) is 0 Å². The predicted molar refractivity (Wildman–Crippen MR) is 74.5 cm³/mol. The van der Waals surface area contributed by atoms with E-state index in [1.807, 2.05) is 11.3 Å². The molecule has 94 valence electrons. The molecule has 2 heteroatoms. The van der Waals surface area contributed by atoms with Crippen LogP contribution in [0.3, 0.4) is 0 Å². The molecule has 1 N–H and O–H groups in total. The van der Waals surface area contributed by atoms with E-state index >= 15 is 0 Å². The van der Waals surface area contributed by atoms with Gasteiger partial charge in [-0.3, -0.25) is 0 Å². The van der Waals surface area contributed by atoms with Gasteiger partial charge in [0.05, 0.1) is 5.54 Å². The van der Waals surface area contributed by atoms with Gasteiger partial charge >= 0.3 is 0 Å². The van der Waals surface area contributed by atoms with E-state index in [4.69, 9.17) is 0 Å². The van der Waals surface area contributed by atoms with E-state index in [1.165, 1.54) is 25.7 Å². The van der Waals surface area contributed by atoms with E-state index in [0.29, 0.717) is 11.6 Å². The van der Waals surface area contributed by atoms with Crippen LogP contribution >= 0.6 is 11.3 Å². The second-order valence-electron chi connectivity index (χ2n) is 6.46. The fraction of sp³-hybridized carbons (Fsp3) is 0.733. The number of hydrogen-bond acceptors (Lipinski definition) is 2. The van der Waals surface area contributed by atoms with Crippen molar-refractivity contribution < 1.29 is 0 Å². The molecule has 3 rings (SSSR count). The molecule has 0 aromatic carbocycles. The average Bonchev–Trinajstić information content (AvgIpc) is 2.63. The quantitative estimate of drug-likeness (QED) is 0.734. The van der Waals surface area contributed by atoms with Crippen LogP contribution < -0.4 is 5.32 Å². The van der Waals surface area contributed by atoms with Crippen molar-refractivity contribution in [3.8, 4) is 0 Å². The van der Waals surface area contributed by atoms with Gasteiger partial charge in [-0.05, 0) is 61.5 Å². The summed E-state index contributed by atoms with van der Waals surface area (Å²) in [6, 6.07) is 2.98. The molecule has 3 atom stereocenters. The molecule has 1 aromatic heterocycles. The van der Waals surface area contributed by atoms with Crippen LogP contribution in [0.2, 0.25) is 0 Å². The average molecular weight is 249 g/mol. The van der Waals surface area contributed by atoms with Gasteiger partial charge in [-0.1, -0.05) is 13.8 Å². The van der Waals surface area contributed by atoms with Gasteiger partial charge in [0, 0.05) is 10.9 Å². The highest BCUT2D eigenvalue weighted by molar-refractivity contribution is 7.10. The molecule has 1 aliphatic heterocycles. The van der Waals surface area contributed by atoms with Crippen LogP contribution in [-0.4, -0.2) is 6.04 Å². The van der Waals surface area contributed by atoms with Crippen LogP contribution in [-0.2, 0) is 12.0 Å². The molecule has 0 saturated heterocycles. The van der Waals surface area contributed by atoms with Crippen molar-refractivity contribution in [3.05, 3.63) is 21.9 Å². The van der Waals surface area contributed by atoms with Crippen molar-refractivity contribution >= 4 is 11.3 Å². The molecule has 1 fully saturated rings. The molecule has 17 heavy (non-hydrogen) atoms. The van der Waals surface area contributed by atoms with Crippen LogP contribution in [0, 0.1) is 11.8 Å². The molecule has 2 aliphatic rings. The Morgan fingerprint density at radius 2 is 1.94 bits per heavy atom. The lowest BCUT2D eigenvalue weighted by Crippen LogP contribution is -2.54. The summed E-state index contributed by atoms with van der Waals surface area (Å²) < 4.78 is 0. The Morgan fingerprint density at radius 3 is 2.65 bits per heavy atom. The summed E-state index contributed by atoms with van der Waals surface area (Å²) in [4.78, 5) is 1.65. The molecule has 1 aromatic rings. The van der Waals surface area contributed by atoms with Gasteiger partial charge in [-0.15, -0.1) is 11.3 Å².